The van der Waals surface area contributed by atoms with Crippen LogP contribution in [0.3, 0.4) is 0 Å². The standard InChI is InChI=1S/C14H17BrN2O/c1-11-3-4-13(15)5-12(11)6-17(2)8-14(7-16)9-18-10-14/h3-5H,6,8-10H2,1-2H3. The lowest BCUT2D eigenvalue weighted by Crippen LogP contribution is -2.48. The molecule has 1 aromatic carbocycles. The smallest absolute Gasteiger partial charge is 0.116 e. The van der Waals surface area contributed by atoms with E-state index in [1.807, 2.05) is 0 Å². The van der Waals surface area contributed by atoms with Gasteiger partial charge < -0.3 is 9.64 Å². The minimum atomic E-state index is -0.297. The fourth-order valence-corrected chi connectivity index (χ4v) is 2.62. The molecule has 0 amide bonds. The fourth-order valence-electron chi connectivity index (χ4n) is 2.21. The Morgan fingerprint density at radius 3 is 2.78 bits per heavy atom. The van der Waals surface area contributed by atoms with Crippen LogP contribution in [0.1, 0.15) is 11.1 Å². The van der Waals surface area contributed by atoms with Gasteiger partial charge >= 0.3 is 0 Å². The van der Waals surface area contributed by atoms with Gasteiger partial charge in [0, 0.05) is 17.6 Å². The average molecular weight is 309 g/mol. The number of rotatable bonds is 4. The molecular weight excluding hydrogens is 292 g/mol. The van der Waals surface area contributed by atoms with E-state index in [1.165, 1.54) is 11.1 Å². The third kappa shape index (κ3) is 2.92. The highest BCUT2D eigenvalue weighted by molar-refractivity contribution is 9.10. The van der Waals surface area contributed by atoms with Crippen LogP contribution < -0.4 is 0 Å². The highest BCUT2D eigenvalue weighted by Gasteiger charge is 2.39. The van der Waals surface area contributed by atoms with Gasteiger partial charge in [-0.25, -0.2) is 0 Å². The number of nitrogens with zero attached hydrogens (tertiary/aromatic N) is 2. The zero-order chi connectivity index (χ0) is 13.2. The van der Waals surface area contributed by atoms with E-state index in [9.17, 15) is 5.26 Å². The molecule has 1 fully saturated rings. The molecule has 0 bridgehead atoms. The van der Waals surface area contributed by atoms with Gasteiger partial charge in [0.1, 0.15) is 5.41 Å². The molecule has 1 aromatic rings. The Labute approximate surface area is 116 Å². The monoisotopic (exact) mass is 308 g/mol. The summed E-state index contributed by atoms with van der Waals surface area (Å²) < 4.78 is 6.26. The first-order valence-corrected chi connectivity index (χ1v) is 6.76. The lowest BCUT2D eigenvalue weighted by Gasteiger charge is -2.38. The Morgan fingerprint density at radius 1 is 1.50 bits per heavy atom. The number of benzene rings is 1. The molecule has 0 aliphatic carbocycles. The summed E-state index contributed by atoms with van der Waals surface area (Å²) in [5, 5.41) is 9.19. The van der Waals surface area contributed by atoms with E-state index in [-0.39, 0.29) is 5.41 Å². The van der Waals surface area contributed by atoms with Crippen molar-refractivity contribution in [3.63, 3.8) is 0 Å². The zero-order valence-electron chi connectivity index (χ0n) is 10.7. The normalized spacial score (nSPS) is 17.3. The summed E-state index contributed by atoms with van der Waals surface area (Å²) in [6.45, 7) is 4.85. The van der Waals surface area contributed by atoms with E-state index in [2.05, 4.69) is 59.1 Å². The molecule has 96 valence electrons. The summed E-state index contributed by atoms with van der Waals surface area (Å²) in [4.78, 5) is 2.19. The van der Waals surface area contributed by atoms with Gasteiger partial charge in [-0.1, -0.05) is 22.0 Å². The SMILES string of the molecule is Cc1ccc(Br)cc1CN(C)CC1(C#N)COC1. The number of aryl methyl sites for hydroxylation is 1. The maximum atomic E-state index is 9.19. The lowest BCUT2D eigenvalue weighted by molar-refractivity contribution is -0.0895. The Hall–Kier alpha value is -0.890. The van der Waals surface area contributed by atoms with E-state index in [0.29, 0.717) is 13.2 Å². The second kappa shape index (κ2) is 5.40. The Bertz CT molecular complexity index is 477. The van der Waals surface area contributed by atoms with Crippen LogP contribution in [0.2, 0.25) is 0 Å². The Kier molecular flexibility index (Phi) is 4.06. The van der Waals surface area contributed by atoms with Crippen LogP contribution in [0.15, 0.2) is 22.7 Å². The van der Waals surface area contributed by atoms with Crippen molar-refractivity contribution >= 4 is 15.9 Å². The van der Waals surface area contributed by atoms with Crippen LogP contribution >= 0.6 is 15.9 Å². The minimum absolute atomic E-state index is 0.297. The molecular formula is C14H17BrN2O. The first-order chi connectivity index (χ1) is 8.54. The average Bonchev–Trinajstić information content (AvgIpc) is 2.28. The van der Waals surface area contributed by atoms with Crippen LogP contribution in [0.25, 0.3) is 0 Å². The van der Waals surface area contributed by atoms with Crippen molar-refractivity contribution < 1.29 is 4.74 Å². The quantitative estimate of drug-likeness (QED) is 0.858. The molecule has 0 spiro atoms. The molecule has 0 aromatic heterocycles. The molecule has 0 radical (unpaired) electrons. The first-order valence-electron chi connectivity index (χ1n) is 5.97. The third-order valence-electron chi connectivity index (χ3n) is 3.32. The molecule has 4 heteroatoms. The molecule has 0 saturated carbocycles. The Balaban J connectivity index is 2.01. The van der Waals surface area contributed by atoms with E-state index in [4.69, 9.17) is 4.74 Å². The molecule has 1 saturated heterocycles. The van der Waals surface area contributed by atoms with E-state index < -0.39 is 0 Å². The summed E-state index contributed by atoms with van der Waals surface area (Å²) in [5.41, 5.74) is 2.27. The number of hydrogen-bond donors (Lipinski definition) is 0. The van der Waals surface area contributed by atoms with Crippen molar-refractivity contribution in [3.8, 4) is 6.07 Å². The molecule has 1 aliphatic heterocycles. The van der Waals surface area contributed by atoms with Crippen molar-refractivity contribution in [2.45, 2.75) is 13.5 Å². The Morgan fingerprint density at radius 2 is 2.22 bits per heavy atom. The molecule has 1 heterocycles. The van der Waals surface area contributed by atoms with E-state index >= 15 is 0 Å². The van der Waals surface area contributed by atoms with Gasteiger partial charge in [0.2, 0.25) is 0 Å². The highest BCUT2D eigenvalue weighted by atomic mass is 79.9. The number of ether oxygens (including phenoxy) is 1. The molecule has 2 rings (SSSR count). The van der Waals surface area contributed by atoms with Gasteiger partial charge in [0.15, 0.2) is 0 Å². The number of nitriles is 1. The van der Waals surface area contributed by atoms with Gasteiger partial charge in [0.25, 0.3) is 0 Å². The fraction of sp³-hybridized carbons (Fsp3) is 0.500. The predicted octanol–water partition coefficient (Wildman–Crippen LogP) is 2.73. The van der Waals surface area contributed by atoms with Crippen molar-refractivity contribution in [2.75, 3.05) is 26.8 Å². The highest BCUT2D eigenvalue weighted by Crippen LogP contribution is 2.28. The van der Waals surface area contributed by atoms with Crippen LogP contribution in [0.4, 0.5) is 0 Å². The number of hydrogen-bond acceptors (Lipinski definition) is 3. The maximum absolute atomic E-state index is 9.19. The second-order valence-corrected chi connectivity index (χ2v) is 6.04. The zero-order valence-corrected chi connectivity index (χ0v) is 12.3. The van der Waals surface area contributed by atoms with Crippen LogP contribution in [0, 0.1) is 23.7 Å². The van der Waals surface area contributed by atoms with Crippen molar-refractivity contribution in [2.24, 2.45) is 5.41 Å². The first kappa shape index (κ1) is 13.5. The van der Waals surface area contributed by atoms with Crippen LogP contribution in [-0.4, -0.2) is 31.7 Å². The lowest BCUT2D eigenvalue weighted by atomic mass is 9.87. The summed E-state index contributed by atoms with van der Waals surface area (Å²) in [7, 11) is 2.05. The van der Waals surface area contributed by atoms with Gasteiger partial charge in [-0.2, -0.15) is 5.26 Å². The summed E-state index contributed by atoms with van der Waals surface area (Å²) in [6, 6.07) is 8.68. The van der Waals surface area contributed by atoms with Gasteiger partial charge in [-0.3, -0.25) is 0 Å². The van der Waals surface area contributed by atoms with Gasteiger partial charge in [0.05, 0.1) is 19.3 Å². The molecule has 1 aliphatic rings. The maximum Gasteiger partial charge on any atom is 0.116 e. The topological polar surface area (TPSA) is 36.3 Å². The van der Waals surface area contributed by atoms with E-state index in [1.54, 1.807) is 0 Å². The third-order valence-corrected chi connectivity index (χ3v) is 3.81. The summed E-state index contributed by atoms with van der Waals surface area (Å²) >= 11 is 3.50. The van der Waals surface area contributed by atoms with Crippen molar-refractivity contribution in [1.29, 1.82) is 5.26 Å². The summed E-state index contributed by atoms with van der Waals surface area (Å²) in [6.07, 6.45) is 0. The molecule has 0 N–H and O–H groups in total. The molecule has 0 atom stereocenters. The van der Waals surface area contributed by atoms with Gasteiger partial charge in [-0.05, 0) is 37.2 Å². The molecule has 18 heavy (non-hydrogen) atoms. The second-order valence-electron chi connectivity index (χ2n) is 5.13. The summed E-state index contributed by atoms with van der Waals surface area (Å²) in [5.74, 6) is 0. The largest absolute Gasteiger partial charge is 0.378 e. The van der Waals surface area contributed by atoms with Crippen molar-refractivity contribution in [1.82, 2.24) is 4.90 Å². The van der Waals surface area contributed by atoms with Crippen molar-refractivity contribution in [3.05, 3.63) is 33.8 Å². The molecule has 3 nitrogen and oxygen atoms in total. The van der Waals surface area contributed by atoms with Crippen LogP contribution in [-0.2, 0) is 11.3 Å². The van der Waals surface area contributed by atoms with Gasteiger partial charge in [-0.15, -0.1) is 0 Å². The number of halogens is 1. The molecule has 0 unspecified atom stereocenters. The van der Waals surface area contributed by atoms with Crippen LogP contribution in [0.5, 0.6) is 0 Å². The minimum Gasteiger partial charge on any atom is -0.378 e. The predicted molar refractivity (Wildman–Crippen MR) is 74.1 cm³/mol. The van der Waals surface area contributed by atoms with E-state index in [0.717, 1.165) is 17.6 Å².